The Labute approximate surface area is 164 Å². The van der Waals surface area contributed by atoms with E-state index in [0.29, 0.717) is 22.9 Å². The van der Waals surface area contributed by atoms with E-state index >= 15 is 0 Å². The number of aryl methyl sites for hydroxylation is 1. The molecule has 0 radical (unpaired) electrons. The topological polar surface area (TPSA) is 63.7 Å². The minimum absolute atomic E-state index is 0.135. The zero-order valence-electron chi connectivity index (χ0n) is 16.1. The minimum atomic E-state index is -0.473. The van der Waals surface area contributed by atoms with Gasteiger partial charge in [0.1, 0.15) is 5.75 Å². The lowest BCUT2D eigenvalue weighted by molar-refractivity contribution is -0.122. The van der Waals surface area contributed by atoms with Crippen LogP contribution in [0.15, 0.2) is 48.5 Å². The van der Waals surface area contributed by atoms with Gasteiger partial charge >= 0.3 is 5.97 Å². The first-order chi connectivity index (χ1) is 13.4. The third-order valence-corrected chi connectivity index (χ3v) is 5.76. The van der Waals surface area contributed by atoms with Gasteiger partial charge < -0.3 is 4.74 Å². The molecule has 2 fully saturated rings. The molecule has 2 aromatic rings. The molecule has 4 rings (SSSR count). The van der Waals surface area contributed by atoms with Gasteiger partial charge in [0.15, 0.2) is 0 Å². The highest BCUT2D eigenvalue weighted by atomic mass is 16.5. The first kappa shape index (κ1) is 18.4. The summed E-state index contributed by atoms with van der Waals surface area (Å²) < 4.78 is 5.46. The molecule has 0 aromatic heterocycles. The summed E-state index contributed by atoms with van der Waals surface area (Å²) in [7, 11) is 0. The van der Waals surface area contributed by atoms with E-state index in [1.807, 2.05) is 19.1 Å². The van der Waals surface area contributed by atoms with Crippen molar-refractivity contribution < 1.29 is 19.1 Å². The van der Waals surface area contributed by atoms with E-state index < -0.39 is 5.97 Å². The first-order valence-electron chi connectivity index (χ1n) is 9.71. The van der Waals surface area contributed by atoms with Crippen LogP contribution in [0.2, 0.25) is 0 Å². The van der Waals surface area contributed by atoms with Crippen molar-refractivity contribution in [3.63, 3.8) is 0 Å². The minimum Gasteiger partial charge on any atom is -0.423 e. The Balaban J connectivity index is 1.55. The molecule has 0 N–H and O–H groups in total. The molecular formula is C23H23NO4. The Hall–Kier alpha value is -2.95. The summed E-state index contributed by atoms with van der Waals surface area (Å²) in [6.45, 7) is 4.07. The van der Waals surface area contributed by atoms with E-state index in [4.69, 9.17) is 4.74 Å². The summed E-state index contributed by atoms with van der Waals surface area (Å²) in [5, 5.41) is 0. The van der Waals surface area contributed by atoms with E-state index in [9.17, 15) is 14.4 Å². The van der Waals surface area contributed by atoms with Crippen LogP contribution in [-0.4, -0.2) is 17.8 Å². The summed E-state index contributed by atoms with van der Waals surface area (Å²) >= 11 is 0. The SMILES string of the molecule is Cc1ccc(C(=O)Oc2cccc(N3C(=O)[C@H]4CC[C@H](C)C[C@H]4C3=O)c2)cc1. The first-order valence-corrected chi connectivity index (χ1v) is 9.71. The summed E-state index contributed by atoms with van der Waals surface area (Å²) in [5.74, 6) is -0.421. The van der Waals surface area contributed by atoms with Gasteiger partial charge in [-0.05, 0) is 56.4 Å². The van der Waals surface area contributed by atoms with Crippen molar-refractivity contribution in [3.8, 4) is 5.75 Å². The van der Waals surface area contributed by atoms with E-state index in [0.717, 1.165) is 24.8 Å². The molecule has 5 heteroatoms. The normalized spacial score (nSPS) is 24.2. The van der Waals surface area contributed by atoms with E-state index in [2.05, 4.69) is 6.92 Å². The van der Waals surface area contributed by atoms with Gasteiger partial charge in [-0.3, -0.25) is 9.59 Å². The Bertz CT molecular complexity index is 934. The second-order valence-corrected chi connectivity index (χ2v) is 7.90. The maximum atomic E-state index is 12.9. The second kappa shape index (κ2) is 7.23. The van der Waals surface area contributed by atoms with Crippen LogP contribution in [0.4, 0.5) is 5.69 Å². The molecule has 0 spiro atoms. The number of carbonyl (C=O) groups excluding carboxylic acids is 3. The predicted octanol–water partition coefficient (Wildman–Crippen LogP) is 4.14. The Morgan fingerprint density at radius 3 is 2.46 bits per heavy atom. The van der Waals surface area contributed by atoms with Crippen LogP contribution in [0.5, 0.6) is 5.75 Å². The summed E-state index contributed by atoms with van der Waals surface area (Å²) in [6.07, 6.45) is 2.49. The molecule has 1 heterocycles. The van der Waals surface area contributed by atoms with Gasteiger partial charge in [-0.15, -0.1) is 0 Å². The largest absolute Gasteiger partial charge is 0.423 e. The molecular weight excluding hydrogens is 354 g/mol. The van der Waals surface area contributed by atoms with Crippen LogP contribution in [0.1, 0.15) is 42.1 Å². The predicted molar refractivity (Wildman–Crippen MR) is 105 cm³/mol. The molecule has 2 amide bonds. The molecule has 3 atom stereocenters. The second-order valence-electron chi connectivity index (χ2n) is 7.90. The number of hydrogen-bond acceptors (Lipinski definition) is 4. The zero-order valence-corrected chi connectivity index (χ0v) is 16.1. The van der Waals surface area contributed by atoms with E-state index in [1.165, 1.54) is 4.90 Å². The number of amides is 2. The summed E-state index contributed by atoms with van der Waals surface area (Å²) in [4.78, 5) is 39.4. The average Bonchev–Trinajstić information content (AvgIpc) is 2.92. The zero-order chi connectivity index (χ0) is 19.8. The van der Waals surface area contributed by atoms with Crippen LogP contribution in [0.3, 0.4) is 0 Å². The monoisotopic (exact) mass is 377 g/mol. The van der Waals surface area contributed by atoms with Crippen LogP contribution in [-0.2, 0) is 9.59 Å². The molecule has 28 heavy (non-hydrogen) atoms. The maximum absolute atomic E-state index is 12.9. The number of hydrogen-bond donors (Lipinski definition) is 0. The van der Waals surface area contributed by atoms with Crippen molar-refractivity contribution in [1.29, 1.82) is 0 Å². The molecule has 1 saturated heterocycles. The third-order valence-electron chi connectivity index (χ3n) is 5.76. The Morgan fingerprint density at radius 2 is 1.71 bits per heavy atom. The number of esters is 1. The number of benzene rings is 2. The molecule has 0 unspecified atom stereocenters. The van der Waals surface area contributed by atoms with Crippen molar-refractivity contribution in [2.45, 2.75) is 33.1 Å². The fourth-order valence-corrected chi connectivity index (χ4v) is 4.19. The Kier molecular flexibility index (Phi) is 4.75. The number of rotatable bonds is 3. The number of ether oxygens (including phenoxy) is 1. The van der Waals surface area contributed by atoms with Gasteiger partial charge in [-0.2, -0.15) is 0 Å². The van der Waals surface area contributed by atoms with Crippen LogP contribution < -0.4 is 9.64 Å². The molecule has 1 aliphatic carbocycles. The summed E-state index contributed by atoms with van der Waals surface area (Å²) in [6, 6.07) is 13.7. The fourth-order valence-electron chi connectivity index (χ4n) is 4.19. The van der Waals surface area contributed by atoms with E-state index in [-0.39, 0.29) is 23.7 Å². The van der Waals surface area contributed by atoms with Crippen molar-refractivity contribution in [2.75, 3.05) is 4.90 Å². The van der Waals surface area contributed by atoms with Gasteiger partial charge in [0, 0.05) is 6.07 Å². The van der Waals surface area contributed by atoms with Gasteiger partial charge in [-0.1, -0.05) is 30.7 Å². The number of nitrogens with zero attached hydrogens (tertiary/aromatic N) is 1. The molecule has 2 aromatic carbocycles. The molecule has 1 saturated carbocycles. The summed E-state index contributed by atoms with van der Waals surface area (Å²) in [5.41, 5.74) is 1.97. The standard InChI is InChI=1S/C23H23NO4/c1-14-6-9-16(10-7-14)23(27)28-18-5-3-4-17(13-18)24-21(25)19-11-8-15(2)12-20(19)22(24)26/h3-7,9-10,13,15,19-20H,8,11-12H2,1-2H3/t15-,19-,20+/m0/s1. The lowest BCUT2D eigenvalue weighted by Crippen LogP contribution is -2.30. The lowest BCUT2D eigenvalue weighted by Gasteiger charge is -2.25. The average molecular weight is 377 g/mol. The number of imide groups is 1. The van der Waals surface area contributed by atoms with Crippen molar-refractivity contribution in [1.82, 2.24) is 0 Å². The molecule has 144 valence electrons. The van der Waals surface area contributed by atoms with Gasteiger partial charge in [0.25, 0.3) is 0 Å². The smallest absolute Gasteiger partial charge is 0.343 e. The van der Waals surface area contributed by atoms with Crippen molar-refractivity contribution >= 4 is 23.5 Å². The number of carbonyl (C=O) groups is 3. The quantitative estimate of drug-likeness (QED) is 0.458. The number of anilines is 1. The lowest BCUT2D eigenvalue weighted by atomic mass is 9.76. The van der Waals surface area contributed by atoms with Gasteiger partial charge in [0.2, 0.25) is 11.8 Å². The van der Waals surface area contributed by atoms with E-state index in [1.54, 1.807) is 36.4 Å². The molecule has 2 aliphatic rings. The fraction of sp³-hybridized carbons (Fsp3) is 0.348. The molecule has 1 aliphatic heterocycles. The third kappa shape index (κ3) is 3.33. The van der Waals surface area contributed by atoms with Gasteiger partial charge in [0.05, 0.1) is 23.1 Å². The van der Waals surface area contributed by atoms with Crippen molar-refractivity contribution in [3.05, 3.63) is 59.7 Å². The van der Waals surface area contributed by atoms with Crippen molar-refractivity contribution in [2.24, 2.45) is 17.8 Å². The van der Waals surface area contributed by atoms with Gasteiger partial charge in [-0.25, -0.2) is 9.69 Å². The highest BCUT2D eigenvalue weighted by Gasteiger charge is 2.50. The van der Waals surface area contributed by atoms with Crippen LogP contribution in [0, 0.1) is 24.7 Å². The Morgan fingerprint density at radius 1 is 1.00 bits per heavy atom. The molecule has 0 bridgehead atoms. The van der Waals surface area contributed by atoms with Crippen LogP contribution >= 0.6 is 0 Å². The van der Waals surface area contributed by atoms with Crippen LogP contribution in [0.25, 0.3) is 0 Å². The molecule has 5 nitrogen and oxygen atoms in total. The highest BCUT2D eigenvalue weighted by molar-refractivity contribution is 6.22. The maximum Gasteiger partial charge on any atom is 0.343 e. The number of fused-ring (bicyclic) bond motifs is 1. The highest BCUT2D eigenvalue weighted by Crippen LogP contribution is 2.42.